The predicted molar refractivity (Wildman–Crippen MR) is 143 cm³/mol. The van der Waals surface area contributed by atoms with Crippen LogP contribution in [0.25, 0.3) is 33.3 Å². The van der Waals surface area contributed by atoms with Crippen LogP contribution >= 0.6 is 0 Å². The van der Waals surface area contributed by atoms with E-state index in [1.807, 2.05) is 24.7 Å². The lowest BCUT2D eigenvalue weighted by Crippen LogP contribution is -2.21. The number of halogens is 4. The molecule has 3 aromatic carbocycles. The first-order chi connectivity index (χ1) is 18.9. The minimum Gasteiger partial charge on any atom is -0.383 e. The lowest BCUT2D eigenvalue weighted by atomic mass is 9.98. The van der Waals surface area contributed by atoms with E-state index in [2.05, 4.69) is 15.3 Å². The van der Waals surface area contributed by atoms with E-state index in [1.54, 1.807) is 25.1 Å². The molecule has 11 heteroatoms. The van der Waals surface area contributed by atoms with Crippen LogP contribution in [-0.4, -0.2) is 25.5 Å². The number of nitrogens with two attached hydrogens (primary N) is 1. The highest BCUT2D eigenvalue weighted by Gasteiger charge is 2.22. The zero-order valence-electron chi connectivity index (χ0n) is 21.6. The van der Waals surface area contributed by atoms with E-state index < -0.39 is 40.8 Å². The first kappa shape index (κ1) is 26.8. The van der Waals surface area contributed by atoms with Crippen LogP contribution in [0.3, 0.4) is 0 Å². The molecule has 2 aromatic heterocycles. The lowest BCUT2D eigenvalue weighted by molar-refractivity contribution is -0.124. The van der Waals surface area contributed by atoms with Crippen LogP contribution in [-0.2, 0) is 11.8 Å². The van der Waals surface area contributed by atoms with Gasteiger partial charge in [-0.25, -0.2) is 27.5 Å². The van der Waals surface area contributed by atoms with E-state index in [4.69, 9.17) is 5.73 Å². The van der Waals surface area contributed by atoms with E-state index in [1.165, 1.54) is 0 Å². The van der Waals surface area contributed by atoms with Crippen molar-refractivity contribution in [2.24, 2.45) is 7.05 Å². The van der Waals surface area contributed by atoms with Crippen LogP contribution in [0.5, 0.6) is 0 Å². The Balaban J connectivity index is 1.41. The summed E-state index contributed by atoms with van der Waals surface area (Å²) in [5.74, 6) is -5.52. The van der Waals surface area contributed by atoms with Crippen LogP contribution in [0, 0.1) is 37.1 Å². The Hall–Kier alpha value is -4.77. The summed E-state index contributed by atoms with van der Waals surface area (Å²) in [4.78, 5) is 21.6. The lowest BCUT2D eigenvalue weighted by Gasteiger charge is -2.15. The number of carbonyl (C=O) groups is 1. The molecule has 0 fully saturated rings. The Bertz CT molecular complexity index is 1820. The fourth-order valence-corrected chi connectivity index (χ4v) is 4.70. The van der Waals surface area contributed by atoms with E-state index >= 15 is 0 Å². The highest BCUT2D eigenvalue weighted by atomic mass is 19.2. The normalized spacial score (nSPS) is 12.1. The van der Waals surface area contributed by atoms with Gasteiger partial charge in [0, 0.05) is 30.1 Å². The quantitative estimate of drug-likeness (QED) is 0.192. The molecule has 0 saturated heterocycles. The second kappa shape index (κ2) is 10.1. The van der Waals surface area contributed by atoms with Gasteiger partial charge in [0.25, 0.3) is 5.91 Å². The number of hydrogen-bond acceptors (Lipinski definition) is 5. The van der Waals surface area contributed by atoms with Gasteiger partial charge in [0.05, 0.1) is 5.39 Å². The van der Waals surface area contributed by atoms with Gasteiger partial charge in [0.2, 0.25) is 0 Å². The van der Waals surface area contributed by atoms with Gasteiger partial charge in [-0.15, -0.1) is 0 Å². The van der Waals surface area contributed by atoms with Gasteiger partial charge in [0.15, 0.2) is 23.6 Å². The Morgan fingerprint density at radius 3 is 2.40 bits per heavy atom. The number of amides is 1. The van der Waals surface area contributed by atoms with Gasteiger partial charge < -0.3 is 20.7 Å². The number of nitrogens with one attached hydrogen (secondary N) is 1. The predicted octanol–water partition coefficient (Wildman–Crippen LogP) is 5.73. The number of anilines is 2. The van der Waals surface area contributed by atoms with Crippen LogP contribution in [0.2, 0.25) is 0 Å². The third-order valence-electron chi connectivity index (χ3n) is 6.57. The molecule has 0 radical (unpaired) electrons. The van der Waals surface area contributed by atoms with Gasteiger partial charge in [-0.3, -0.25) is 4.79 Å². The van der Waals surface area contributed by atoms with Crippen LogP contribution < -0.4 is 11.1 Å². The number of aliphatic hydroxyl groups excluding tert-OH is 1. The van der Waals surface area contributed by atoms with Crippen LogP contribution in [0.1, 0.15) is 23.1 Å². The van der Waals surface area contributed by atoms with E-state index in [9.17, 15) is 27.5 Å². The first-order valence-electron chi connectivity index (χ1n) is 12.1. The number of aliphatic hydroxyl groups is 1. The summed E-state index contributed by atoms with van der Waals surface area (Å²) in [5, 5.41) is 13.9. The summed E-state index contributed by atoms with van der Waals surface area (Å²) in [7, 11) is 1.85. The number of nitrogens with zero attached hydrogens (tertiary/aromatic N) is 3. The fraction of sp³-hybridized carbons (Fsp3) is 0.138. The van der Waals surface area contributed by atoms with Gasteiger partial charge in [-0.2, -0.15) is 0 Å². The summed E-state index contributed by atoms with van der Waals surface area (Å²) in [6.07, 6.45) is 0.0395. The van der Waals surface area contributed by atoms with Gasteiger partial charge in [-0.1, -0.05) is 6.07 Å². The highest BCUT2D eigenvalue weighted by molar-refractivity contribution is 6.02. The molecule has 2 heterocycles. The van der Waals surface area contributed by atoms with Crippen molar-refractivity contribution in [2.75, 3.05) is 11.1 Å². The Kier molecular flexibility index (Phi) is 6.76. The number of benzene rings is 3. The van der Waals surface area contributed by atoms with Crippen molar-refractivity contribution < 1.29 is 27.5 Å². The topological polar surface area (TPSA) is 106 Å². The standard InChI is InChI=1S/C29H23F4N5O2/c1-13-8-18(4-5-19(13)21-12-38(3)28-23(21)27(34)35-14(2)36-28)37-29(40)26(39)16-9-15(10-17(30)11-16)20-6-7-22(31)25(33)24(20)32/h4-12,26,39H,1-3H3,(H,37,40)(H2,34,35,36). The van der Waals surface area contributed by atoms with Crippen molar-refractivity contribution >= 4 is 28.4 Å². The Morgan fingerprint density at radius 1 is 0.950 bits per heavy atom. The highest BCUT2D eigenvalue weighted by Crippen LogP contribution is 2.35. The third kappa shape index (κ3) is 4.75. The molecule has 0 aliphatic heterocycles. The zero-order chi connectivity index (χ0) is 28.9. The zero-order valence-corrected chi connectivity index (χ0v) is 21.6. The maximum Gasteiger partial charge on any atom is 0.257 e. The second-order valence-electron chi connectivity index (χ2n) is 9.43. The van der Waals surface area contributed by atoms with Crippen molar-refractivity contribution in [3.05, 3.63) is 94.9 Å². The monoisotopic (exact) mass is 549 g/mol. The molecule has 5 aromatic rings. The number of hydrogen-bond donors (Lipinski definition) is 3. The van der Waals surface area contributed by atoms with Crippen molar-refractivity contribution in [3.8, 4) is 22.3 Å². The van der Waals surface area contributed by atoms with Crippen molar-refractivity contribution in [3.63, 3.8) is 0 Å². The maximum absolute atomic E-state index is 14.3. The number of aromatic nitrogens is 3. The van der Waals surface area contributed by atoms with Gasteiger partial charge in [0.1, 0.15) is 23.1 Å². The van der Waals surface area contributed by atoms with Gasteiger partial charge in [-0.05, 0) is 78.6 Å². The molecule has 0 spiro atoms. The van der Waals surface area contributed by atoms with E-state index in [-0.39, 0.29) is 11.1 Å². The minimum atomic E-state index is -1.85. The summed E-state index contributed by atoms with van der Waals surface area (Å²) in [6.45, 7) is 3.59. The molecule has 5 rings (SSSR count). The average Bonchev–Trinajstić information content (AvgIpc) is 3.22. The summed E-state index contributed by atoms with van der Waals surface area (Å²) >= 11 is 0. The largest absolute Gasteiger partial charge is 0.383 e. The Labute approximate surface area is 225 Å². The summed E-state index contributed by atoms with van der Waals surface area (Å²) < 4.78 is 57.5. The average molecular weight is 550 g/mol. The van der Waals surface area contributed by atoms with Crippen LogP contribution in [0.15, 0.2) is 54.7 Å². The molecule has 1 amide bonds. The number of carbonyl (C=O) groups excluding carboxylic acids is 1. The smallest absolute Gasteiger partial charge is 0.257 e. The molecule has 0 saturated carbocycles. The number of aryl methyl sites for hydroxylation is 3. The third-order valence-corrected chi connectivity index (χ3v) is 6.57. The second-order valence-corrected chi connectivity index (χ2v) is 9.43. The number of nitrogen functional groups attached to an aromatic ring is 1. The molecular weight excluding hydrogens is 526 g/mol. The van der Waals surface area contributed by atoms with Crippen molar-refractivity contribution in [2.45, 2.75) is 20.0 Å². The molecule has 7 nitrogen and oxygen atoms in total. The fourth-order valence-electron chi connectivity index (χ4n) is 4.70. The van der Waals surface area contributed by atoms with E-state index in [0.29, 0.717) is 34.4 Å². The minimum absolute atomic E-state index is 0.174. The molecule has 0 aliphatic carbocycles. The van der Waals surface area contributed by atoms with Crippen molar-refractivity contribution in [1.29, 1.82) is 0 Å². The SMILES string of the molecule is Cc1nc(N)c2c(-c3ccc(NC(=O)C(O)c4cc(F)cc(-c5ccc(F)c(F)c5F)c4)cc3C)cn(C)c2n1. The van der Waals surface area contributed by atoms with Crippen molar-refractivity contribution in [1.82, 2.24) is 14.5 Å². The molecule has 1 unspecified atom stereocenters. The summed E-state index contributed by atoms with van der Waals surface area (Å²) in [5.41, 5.74) is 8.84. The summed E-state index contributed by atoms with van der Waals surface area (Å²) in [6, 6.07) is 9.66. The molecule has 40 heavy (non-hydrogen) atoms. The molecule has 1 atom stereocenters. The molecule has 0 bridgehead atoms. The molecule has 0 aliphatic rings. The molecule has 204 valence electrons. The maximum atomic E-state index is 14.3. The Morgan fingerprint density at radius 2 is 1.68 bits per heavy atom. The molecule has 4 N–H and O–H groups in total. The van der Waals surface area contributed by atoms with Gasteiger partial charge >= 0.3 is 0 Å². The number of fused-ring (bicyclic) bond motifs is 1. The van der Waals surface area contributed by atoms with E-state index in [0.717, 1.165) is 41.0 Å². The molecular formula is C29H23F4N5O2. The first-order valence-corrected chi connectivity index (χ1v) is 12.1. The number of rotatable bonds is 5. The van der Waals surface area contributed by atoms with Crippen LogP contribution in [0.4, 0.5) is 29.1 Å².